The van der Waals surface area contributed by atoms with Gasteiger partial charge in [-0.2, -0.15) is 0 Å². The zero-order valence-corrected chi connectivity index (χ0v) is 20.2. The van der Waals surface area contributed by atoms with Gasteiger partial charge in [-0.15, -0.1) is 0 Å². The van der Waals surface area contributed by atoms with Gasteiger partial charge >= 0.3 is 0 Å². The topological polar surface area (TPSA) is 112 Å². The van der Waals surface area contributed by atoms with E-state index < -0.39 is 11.6 Å². The number of hydrogen-bond donors (Lipinski definition) is 4. The monoisotopic (exact) mass is 487 g/mol. The Bertz CT molecular complexity index is 1190. The van der Waals surface area contributed by atoms with Crippen LogP contribution in [0.4, 0.5) is 26.1 Å². The van der Waals surface area contributed by atoms with E-state index in [1.165, 1.54) is 7.11 Å². The highest BCUT2D eigenvalue weighted by molar-refractivity contribution is 8.00. The lowest BCUT2D eigenvalue weighted by Crippen LogP contribution is -2.22. The normalized spacial score (nSPS) is 10.9. The molecule has 0 atom stereocenters. The van der Waals surface area contributed by atoms with Crippen molar-refractivity contribution in [2.75, 3.05) is 50.1 Å². The highest BCUT2D eigenvalue weighted by Gasteiger charge is 2.17. The summed E-state index contributed by atoms with van der Waals surface area (Å²) in [6.45, 7) is 3.02. The van der Waals surface area contributed by atoms with Crippen LogP contribution >= 0.6 is 11.9 Å². The number of aromatic nitrogens is 2. The number of nitrogen functional groups attached to an aromatic ring is 1. The highest BCUT2D eigenvalue weighted by Crippen LogP contribution is 2.34. The molecule has 3 aromatic rings. The van der Waals surface area contributed by atoms with Crippen molar-refractivity contribution in [3.8, 4) is 17.1 Å². The summed E-state index contributed by atoms with van der Waals surface area (Å²) in [7, 11) is 5.43. The van der Waals surface area contributed by atoms with Crippen molar-refractivity contribution in [3.63, 3.8) is 0 Å². The number of likely N-dealkylation sites (N-methyl/N-ethyl adjacent to an activating group) is 1. The zero-order chi connectivity index (χ0) is 24.8. The first-order valence-electron chi connectivity index (χ1n) is 10.4. The Balaban J connectivity index is 1.89. The Kier molecular flexibility index (Phi) is 8.24. The van der Waals surface area contributed by atoms with Crippen LogP contribution in [0.1, 0.15) is 12.5 Å². The fourth-order valence-electron chi connectivity index (χ4n) is 3.08. The Labute approximate surface area is 201 Å². The fraction of sp³-hybridized carbons (Fsp3) is 0.261. The number of nitrogens with one attached hydrogen (secondary N) is 3. The number of benzene rings is 2. The lowest BCUT2D eigenvalue weighted by atomic mass is 10.1. The van der Waals surface area contributed by atoms with Crippen LogP contribution in [0.5, 0.6) is 5.75 Å². The van der Waals surface area contributed by atoms with E-state index in [1.807, 2.05) is 19.0 Å². The number of nitrogens with two attached hydrogens (primary N) is 1. The third kappa shape index (κ3) is 6.12. The SMILES string of the molecule is COc1cc(-c2nc(N)c(C(C)=N)c(NCCN(C)C)n2)ccc1NSc1cc(F)ccc1F. The largest absolute Gasteiger partial charge is 0.495 e. The summed E-state index contributed by atoms with van der Waals surface area (Å²) in [5, 5.41) is 11.3. The third-order valence-electron chi connectivity index (χ3n) is 4.79. The number of hydrogen-bond acceptors (Lipinski definition) is 9. The number of halogens is 2. The first-order valence-corrected chi connectivity index (χ1v) is 11.2. The molecule has 0 aliphatic heterocycles. The maximum atomic E-state index is 13.9. The van der Waals surface area contributed by atoms with Gasteiger partial charge in [-0.3, -0.25) is 0 Å². The fourth-order valence-corrected chi connectivity index (χ4v) is 3.81. The summed E-state index contributed by atoms with van der Waals surface area (Å²) < 4.78 is 35.8. The molecule has 3 rings (SSSR count). The minimum atomic E-state index is -0.533. The van der Waals surface area contributed by atoms with Crippen LogP contribution in [0.2, 0.25) is 0 Å². The Morgan fingerprint density at radius 3 is 2.62 bits per heavy atom. The van der Waals surface area contributed by atoms with Gasteiger partial charge in [0.05, 0.1) is 23.3 Å². The minimum Gasteiger partial charge on any atom is -0.495 e. The van der Waals surface area contributed by atoms with Crippen LogP contribution in [0.25, 0.3) is 11.4 Å². The molecule has 2 aromatic carbocycles. The van der Waals surface area contributed by atoms with Crippen molar-refractivity contribution in [2.24, 2.45) is 0 Å². The minimum absolute atomic E-state index is 0.119. The molecule has 0 saturated carbocycles. The smallest absolute Gasteiger partial charge is 0.164 e. The van der Waals surface area contributed by atoms with Gasteiger partial charge in [0.15, 0.2) is 5.82 Å². The Morgan fingerprint density at radius 2 is 1.94 bits per heavy atom. The van der Waals surface area contributed by atoms with Crippen LogP contribution in [0.15, 0.2) is 41.3 Å². The van der Waals surface area contributed by atoms with Crippen molar-refractivity contribution in [2.45, 2.75) is 11.8 Å². The molecule has 11 heteroatoms. The predicted molar refractivity (Wildman–Crippen MR) is 134 cm³/mol. The van der Waals surface area contributed by atoms with Gasteiger partial charge in [-0.1, -0.05) is 0 Å². The molecule has 1 heterocycles. The average Bonchev–Trinajstić information content (AvgIpc) is 2.78. The molecule has 0 amide bonds. The summed E-state index contributed by atoms with van der Waals surface area (Å²) >= 11 is 0.933. The molecule has 0 aliphatic rings. The molecule has 1 aromatic heterocycles. The molecule has 8 nitrogen and oxygen atoms in total. The van der Waals surface area contributed by atoms with E-state index >= 15 is 0 Å². The summed E-state index contributed by atoms with van der Waals surface area (Å²) in [6.07, 6.45) is 0. The molecule has 5 N–H and O–H groups in total. The molecular formula is C23H27F2N7OS. The van der Waals surface area contributed by atoms with Crippen LogP contribution in [0.3, 0.4) is 0 Å². The number of methoxy groups -OCH3 is 1. The number of anilines is 3. The van der Waals surface area contributed by atoms with Crippen molar-refractivity contribution in [1.29, 1.82) is 5.41 Å². The molecule has 0 spiro atoms. The summed E-state index contributed by atoms with van der Waals surface area (Å²) in [5.74, 6) is 0.441. The second-order valence-corrected chi connectivity index (χ2v) is 8.55. The maximum Gasteiger partial charge on any atom is 0.164 e. The van der Waals surface area contributed by atoms with Gasteiger partial charge in [0.2, 0.25) is 0 Å². The third-order valence-corrected chi connectivity index (χ3v) is 5.64. The van der Waals surface area contributed by atoms with E-state index in [9.17, 15) is 8.78 Å². The molecule has 180 valence electrons. The number of ether oxygens (including phenoxy) is 1. The van der Waals surface area contributed by atoms with Crippen LogP contribution in [-0.4, -0.2) is 54.9 Å². The molecule has 34 heavy (non-hydrogen) atoms. The van der Waals surface area contributed by atoms with Crippen LogP contribution in [-0.2, 0) is 0 Å². The number of nitrogens with zero attached hydrogens (tertiary/aromatic N) is 3. The highest BCUT2D eigenvalue weighted by atomic mass is 32.2. The lowest BCUT2D eigenvalue weighted by Gasteiger charge is -2.16. The van der Waals surface area contributed by atoms with E-state index in [0.29, 0.717) is 40.8 Å². The van der Waals surface area contributed by atoms with Crippen molar-refractivity contribution in [1.82, 2.24) is 14.9 Å². The van der Waals surface area contributed by atoms with Gasteiger partial charge in [-0.25, -0.2) is 18.7 Å². The Morgan fingerprint density at radius 1 is 1.18 bits per heavy atom. The summed E-state index contributed by atoms with van der Waals surface area (Å²) in [6, 6.07) is 8.47. The van der Waals surface area contributed by atoms with Gasteiger partial charge in [-0.05, 0) is 69.4 Å². The molecule has 0 aliphatic carbocycles. The average molecular weight is 488 g/mol. The van der Waals surface area contributed by atoms with E-state index in [1.54, 1.807) is 25.1 Å². The lowest BCUT2D eigenvalue weighted by molar-refractivity contribution is 0.417. The zero-order valence-electron chi connectivity index (χ0n) is 19.4. The van der Waals surface area contributed by atoms with E-state index in [4.69, 9.17) is 15.9 Å². The first-order chi connectivity index (χ1) is 16.2. The molecular weight excluding hydrogens is 460 g/mol. The maximum absolute atomic E-state index is 13.9. The van der Waals surface area contributed by atoms with Crippen molar-refractivity contribution in [3.05, 3.63) is 53.6 Å². The second-order valence-electron chi connectivity index (χ2n) is 7.71. The van der Waals surface area contributed by atoms with E-state index in [-0.39, 0.29) is 16.4 Å². The molecule has 0 fully saturated rings. The quantitative estimate of drug-likeness (QED) is 0.244. The van der Waals surface area contributed by atoms with Gasteiger partial charge in [0.1, 0.15) is 29.0 Å². The predicted octanol–water partition coefficient (Wildman–Crippen LogP) is 4.49. The number of rotatable bonds is 10. The first kappa shape index (κ1) is 25.2. The van der Waals surface area contributed by atoms with Gasteiger partial charge in [0.25, 0.3) is 0 Å². The van der Waals surface area contributed by atoms with Gasteiger partial charge < -0.3 is 30.8 Å². The Hall–Kier alpha value is -3.44. The van der Waals surface area contributed by atoms with Crippen LogP contribution < -0.4 is 20.5 Å². The summed E-state index contributed by atoms with van der Waals surface area (Å²) in [4.78, 5) is 11.1. The summed E-state index contributed by atoms with van der Waals surface area (Å²) in [5.41, 5.74) is 8.09. The van der Waals surface area contributed by atoms with Crippen molar-refractivity contribution >= 4 is 35.0 Å². The van der Waals surface area contributed by atoms with E-state index in [2.05, 4.69) is 20.0 Å². The second kappa shape index (κ2) is 11.1. The molecule has 0 saturated heterocycles. The van der Waals surface area contributed by atoms with Gasteiger partial charge in [0, 0.05) is 24.4 Å². The standard InChI is InChI=1S/C23H27F2N7OS/c1-13(26)20-21(27)29-22(30-23(20)28-9-10-32(2)3)14-5-8-17(18(11-14)33-4)31-34-19-12-15(24)6-7-16(19)25/h5-8,11-12,26,31H,9-10H2,1-4H3,(H3,27,28,29,30). The molecule has 0 unspecified atom stereocenters. The van der Waals surface area contributed by atoms with Crippen molar-refractivity contribution < 1.29 is 13.5 Å². The molecule has 0 bridgehead atoms. The van der Waals surface area contributed by atoms with Crippen LogP contribution in [0, 0.1) is 17.0 Å². The molecule has 0 radical (unpaired) electrons. The van der Waals surface area contributed by atoms with E-state index in [0.717, 1.165) is 36.7 Å².